The maximum atomic E-state index is 6.12. The van der Waals surface area contributed by atoms with Crippen molar-refractivity contribution in [2.24, 2.45) is 0 Å². The summed E-state index contributed by atoms with van der Waals surface area (Å²) < 4.78 is 6.12. The van der Waals surface area contributed by atoms with Crippen molar-refractivity contribution in [1.82, 2.24) is 5.32 Å². The first-order valence-corrected chi connectivity index (χ1v) is 7.81. The highest BCUT2D eigenvalue weighted by Crippen LogP contribution is 2.40. The minimum atomic E-state index is 0.237. The van der Waals surface area contributed by atoms with Crippen LogP contribution in [-0.2, 0) is 6.42 Å². The van der Waals surface area contributed by atoms with E-state index >= 15 is 0 Å². The summed E-state index contributed by atoms with van der Waals surface area (Å²) in [5, 5.41) is 6.94. The quantitative estimate of drug-likeness (QED) is 0.887. The molecule has 1 atom stereocenters. The fraction of sp³-hybridized carbons (Fsp3) is 0.625. The van der Waals surface area contributed by atoms with Gasteiger partial charge in [0.1, 0.15) is 6.10 Å². The second-order valence-corrected chi connectivity index (χ2v) is 5.79. The number of ether oxygens (including phenoxy) is 1. The molecule has 2 aliphatic heterocycles. The number of nitrogens with zero attached hydrogens (tertiary/aromatic N) is 1. The van der Waals surface area contributed by atoms with E-state index in [1.54, 1.807) is 0 Å². The number of aryl methyl sites for hydroxylation is 1. The van der Waals surface area contributed by atoms with Gasteiger partial charge in [0.25, 0.3) is 0 Å². The van der Waals surface area contributed by atoms with Gasteiger partial charge in [0.05, 0.1) is 17.9 Å². The Morgan fingerprint density at radius 1 is 1.30 bits per heavy atom. The van der Waals surface area contributed by atoms with E-state index in [-0.39, 0.29) is 6.10 Å². The summed E-state index contributed by atoms with van der Waals surface area (Å²) in [7, 11) is 0. The number of hydrogen-bond donors (Lipinski definition) is 2. The molecule has 4 nitrogen and oxygen atoms in total. The van der Waals surface area contributed by atoms with Gasteiger partial charge >= 0.3 is 0 Å². The van der Waals surface area contributed by atoms with Gasteiger partial charge in [0.2, 0.25) is 0 Å². The fourth-order valence-electron chi connectivity index (χ4n) is 3.00. The Hall–Kier alpha value is -1.42. The summed E-state index contributed by atoms with van der Waals surface area (Å²) in [6.07, 6.45) is 2.54. The average Bonchev–Trinajstić information content (AvgIpc) is 2.48. The van der Waals surface area contributed by atoms with E-state index in [0.717, 1.165) is 44.9 Å². The summed E-state index contributed by atoms with van der Waals surface area (Å²) in [6.45, 7) is 9.46. The zero-order valence-electron chi connectivity index (χ0n) is 12.5. The lowest BCUT2D eigenvalue weighted by Gasteiger charge is -2.35. The van der Waals surface area contributed by atoms with E-state index in [4.69, 9.17) is 4.74 Å². The van der Waals surface area contributed by atoms with Crippen molar-refractivity contribution in [3.63, 3.8) is 0 Å². The van der Waals surface area contributed by atoms with E-state index in [0.29, 0.717) is 0 Å². The van der Waals surface area contributed by atoms with E-state index in [9.17, 15) is 0 Å². The van der Waals surface area contributed by atoms with Gasteiger partial charge in [-0.1, -0.05) is 13.3 Å². The maximum Gasteiger partial charge on any atom is 0.166 e. The molecule has 1 unspecified atom stereocenters. The lowest BCUT2D eigenvalue weighted by molar-refractivity contribution is 0.226. The SMILES string of the molecule is CCCc1cc2c(c(N3CCNCC3)c1)OC(C)CN2. The molecule has 0 aromatic heterocycles. The Balaban J connectivity index is 1.97. The number of piperazine rings is 1. The molecule has 2 heterocycles. The first-order valence-electron chi connectivity index (χ1n) is 7.81. The number of rotatable bonds is 3. The van der Waals surface area contributed by atoms with Gasteiger partial charge in [-0.15, -0.1) is 0 Å². The third-order valence-corrected chi connectivity index (χ3v) is 4.02. The van der Waals surface area contributed by atoms with E-state index in [1.807, 2.05) is 0 Å². The largest absolute Gasteiger partial charge is 0.485 e. The molecule has 1 saturated heterocycles. The zero-order valence-corrected chi connectivity index (χ0v) is 12.5. The second-order valence-electron chi connectivity index (χ2n) is 5.79. The molecule has 0 saturated carbocycles. The summed E-state index contributed by atoms with van der Waals surface area (Å²) in [5.41, 5.74) is 3.85. The van der Waals surface area contributed by atoms with Crippen LogP contribution in [0.1, 0.15) is 25.8 Å². The lowest BCUT2D eigenvalue weighted by Crippen LogP contribution is -2.44. The molecular formula is C16H25N3O. The van der Waals surface area contributed by atoms with Crippen LogP contribution in [-0.4, -0.2) is 38.8 Å². The van der Waals surface area contributed by atoms with E-state index < -0.39 is 0 Å². The van der Waals surface area contributed by atoms with Crippen LogP contribution < -0.4 is 20.3 Å². The molecule has 1 aromatic rings. The third-order valence-electron chi connectivity index (χ3n) is 4.02. The fourth-order valence-corrected chi connectivity index (χ4v) is 3.00. The second kappa shape index (κ2) is 5.92. The standard InChI is InChI=1S/C16H25N3O/c1-3-4-13-9-14-16(20-12(2)11-18-14)15(10-13)19-7-5-17-6-8-19/h9-10,12,17-18H,3-8,11H2,1-2H3. The van der Waals surface area contributed by atoms with Gasteiger partial charge in [-0.2, -0.15) is 0 Å². The van der Waals surface area contributed by atoms with Crippen LogP contribution in [0.5, 0.6) is 5.75 Å². The highest BCUT2D eigenvalue weighted by molar-refractivity contribution is 5.74. The Morgan fingerprint density at radius 2 is 2.10 bits per heavy atom. The molecule has 0 bridgehead atoms. The Labute approximate surface area is 121 Å². The molecule has 2 aliphatic rings. The molecule has 1 fully saturated rings. The molecule has 0 amide bonds. The summed E-state index contributed by atoms with van der Waals surface area (Å²) in [5.74, 6) is 1.05. The van der Waals surface area contributed by atoms with Crippen molar-refractivity contribution in [2.75, 3.05) is 42.9 Å². The Bertz CT molecular complexity index is 469. The maximum absolute atomic E-state index is 6.12. The first kappa shape index (κ1) is 13.6. The third kappa shape index (κ3) is 2.70. The zero-order chi connectivity index (χ0) is 13.9. The smallest absolute Gasteiger partial charge is 0.166 e. The summed E-state index contributed by atoms with van der Waals surface area (Å²) in [4.78, 5) is 2.45. The van der Waals surface area contributed by atoms with Gasteiger partial charge < -0.3 is 20.3 Å². The van der Waals surface area contributed by atoms with Crippen molar-refractivity contribution in [3.8, 4) is 5.75 Å². The van der Waals surface area contributed by atoms with Gasteiger partial charge in [0, 0.05) is 26.2 Å². The van der Waals surface area contributed by atoms with Crippen LogP contribution in [0.15, 0.2) is 12.1 Å². The van der Waals surface area contributed by atoms with Crippen LogP contribution in [0.4, 0.5) is 11.4 Å². The molecule has 0 radical (unpaired) electrons. The van der Waals surface area contributed by atoms with Crippen LogP contribution in [0.3, 0.4) is 0 Å². The van der Waals surface area contributed by atoms with Crippen LogP contribution in [0.2, 0.25) is 0 Å². The molecule has 0 spiro atoms. The van der Waals surface area contributed by atoms with Gasteiger partial charge in [-0.3, -0.25) is 0 Å². The molecule has 3 rings (SSSR count). The first-order chi connectivity index (χ1) is 9.78. The Morgan fingerprint density at radius 3 is 2.85 bits per heavy atom. The molecule has 20 heavy (non-hydrogen) atoms. The molecule has 4 heteroatoms. The van der Waals surface area contributed by atoms with Crippen molar-refractivity contribution in [1.29, 1.82) is 0 Å². The van der Waals surface area contributed by atoms with Gasteiger partial charge in [0.15, 0.2) is 5.75 Å². The number of anilines is 2. The number of hydrogen-bond acceptors (Lipinski definition) is 4. The summed E-state index contributed by atoms with van der Waals surface area (Å²) in [6, 6.07) is 4.59. The normalized spacial score (nSPS) is 21.9. The van der Waals surface area contributed by atoms with Gasteiger partial charge in [-0.25, -0.2) is 0 Å². The molecule has 2 N–H and O–H groups in total. The van der Waals surface area contributed by atoms with Crippen molar-refractivity contribution >= 4 is 11.4 Å². The van der Waals surface area contributed by atoms with Crippen LogP contribution in [0, 0.1) is 0 Å². The lowest BCUT2D eigenvalue weighted by atomic mass is 10.0. The summed E-state index contributed by atoms with van der Waals surface area (Å²) >= 11 is 0. The number of fused-ring (bicyclic) bond motifs is 1. The molecule has 0 aliphatic carbocycles. The minimum Gasteiger partial charge on any atom is -0.485 e. The number of nitrogens with one attached hydrogen (secondary N) is 2. The predicted octanol–water partition coefficient (Wildman–Crippen LogP) is 2.24. The molecule has 110 valence electrons. The number of benzene rings is 1. The highest BCUT2D eigenvalue weighted by Gasteiger charge is 2.23. The van der Waals surface area contributed by atoms with Crippen molar-refractivity contribution < 1.29 is 4.74 Å². The van der Waals surface area contributed by atoms with E-state index in [1.165, 1.54) is 23.4 Å². The van der Waals surface area contributed by atoms with Crippen LogP contribution >= 0.6 is 0 Å². The minimum absolute atomic E-state index is 0.237. The van der Waals surface area contributed by atoms with Gasteiger partial charge in [-0.05, 0) is 31.0 Å². The monoisotopic (exact) mass is 275 g/mol. The van der Waals surface area contributed by atoms with Crippen molar-refractivity contribution in [2.45, 2.75) is 32.8 Å². The van der Waals surface area contributed by atoms with Crippen molar-refractivity contribution in [3.05, 3.63) is 17.7 Å². The van der Waals surface area contributed by atoms with E-state index in [2.05, 4.69) is 41.5 Å². The van der Waals surface area contributed by atoms with Crippen LogP contribution in [0.25, 0.3) is 0 Å². The molecular weight excluding hydrogens is 250 g/mol. The highest BCUT2D eigenvalue weighted by atomic mass is 16.5. The topological polar surface area (TPSA) is 36.5 Å². The predicted molar refractivity (Wildman–Crippen MR) is 84.1 cm³/mol. The Kier molecular flexibility index (Phi) is 4.01. The molecule has 1 aromatic carbocycles. The average molecular weight is 275 g/mol.